The Balaban J connectivity index is 2.21. The van der Waals surface area contributed by atoms with Crippen molar-refractivity contribution in [2.45, 2.75) is 45.1 Å². The molecule has 4 heteroatoms. The highest BCUT2D eigenvalue weighted by Crippen LogP contribution is 2.28. The van der Waals surface area contributed by atoms with E-state index >= 15 is 0 Å². The summed E-state index contributed by atoms with van der Waals surface area (Å²) in [4.78, 5) is 11.2. The van der Waals surface area contributed by atoms with Gasteiger partial charge in [0.05, 0.1) is 11.6 Å². The summed E-state index contributed by atoms with van der Waals surface area (Å²) < 4.78 is 1.88. The first-order valence-corrected chi connectivity index (χ1v) is 5.54. The van der Waals surface area contributed by atoms with E-state index in [9.17, 15) is 4.79 Å². The zero-order valence-electron chi connectivity index (χ0n) is 9.07. The number of aromatic nitrogens is 2. The lowest BCUT2D eigenvalue weighted by atomic mass is 9.96. The number of nitrogen functional groups attached to an aromatic ring is 1. The summed E-state index contributed by atoms with van der Waals surface area (Å²) in [7, 11) is 0. The second-order valence-electron chi connectivity index (χ2n) is 4.26. The van der Waals surface area contributed by atoms with Crippen molar-refractivity contribution in [2.75, 3.05) is 5.73 Å². The monoisotopic (exact) mass is 207 g/mol. The van der Waals surface area contributed by atoms with Crippen LogP contribution in [0.15, 0.2) is 6.20 Å². The van der Waals surface area contributed by atoms with Crippen molar-refractivity contribution in [3.05, 3.63) is 11.8 Å². The van der Waals surface area contributed by atoms with Crippen LogP contribution in [0.25, 0.3) is 0 Å². The summed E-state index contributed by atoms with van der Waals surface area (Å²) in [5.74, 6) is 0.364. The van der Waals surface area contributed by atoms with Crippen molar-refractivity contribution in [1.29, 1.82) is 0 Å². The second-order valence-corrected chi connectivity index (χ2v) is 4.26. The molecule has 1 aliphatic rings. The van der Waals surface area contributed by atoms with Gasteiger partial charge in [-0.2, -0.15) is 5.10 Å². The standard InChI is InChI=1S/C11H17N3O/c1-8(15)10-7-14(13-11(10)12)9-5-3-2-4-6-9/h7,9H,2-6H2,1H3,(H2,12,13). The molecule has 2 N–H and O–H groups in total. The van der Waals surface area contributed by atoms with Gasteiger partial charge < -0.3 is 5.73 Å². The molecule has 0 amide bonds. The summed E-state index contributed by atoms with van der Waals surface area (Å²) in [6, 6.07) is 0.439. The van der Waals surface area contributed by atoms with Gasteiger partial charge in [0.1, 0.15) is 0 Å². The van der Waals surface area contributed by atoms with Gasteiger partial charge in [-0.1, -0.05) is 19.3 Å². The van der Waals surface area contributed by atoms with Crippen LogP contribution in [0.2, 0.25) is 0 Å². The molecule has 15 heavy (non-hydrogen) atoms. The summed E-state index contributed by atoms with van der Waals surface area (Å²) in [6.45, 7) is 1.53. The fourth-order valence-corrected chi connectivity index (χ4v) is 2.21. The maximum Gasteiger partial charge on any atom is 0.165 e. The average molecular weight is 207 g/mol. The fraction of sp³-hybridized carbons (Fsp3) is 0.636. The first kappa shape index (κ1) is 10.2. The fourth-order valence-electron chi connectivity index (χ4n) is 2.21. The molecule has 82 valence electrons. The van der Waals surface area contributed by atoms with Crippen molar-refractivity contribution in [1.82, 2.24) is 9.78 Å². The van der Waals surface area contributed by atoms with Crippen molar-refractivity contribution < 1.29 is 4.79 Å². The summed E-state index contributed by atoms with van der Waals surface area (Å²) in [5, 5.41) is 4.23. The second kappa shape index (κ2) is 4.04. The van der Waals surface area contributed by atoms with E-state index < -0.39 is 0 Å². The topological polar surface area (TPSA) is 60.9 Å². The zero-order valence-corrected chi connectivity index (χ0v) is 9.07. The minimum Gasteiger partial charge on any atom is -0.382 e. The maximum atomic E-state index is 11.2. The maximum absolute atomic E-state index is 11.2. The van der Waals surface area contributed by atoms with Gasteiger partial charge in [-0.25, -0.2) is 0 Å². The SMILES string of the molecule is CC(=O)c1cn(C2CCCCC2)nc1N. The first-order chi connectivity index (χ1) is 7.18. The number of carbonyl (C=O) groups is 1. The van der Waals surface area contributed by atoms with E-state index in [1.54, 1.807) is 6.20 Å². The largest absolute Gasteiger partial charge is 0.382 e. The first-order valence-electron chi connectivity index (χ1n) is 5.54. The summed E-state index contributed by atoms with van der Waals surface area (Å²) in [6.07, 6.45) is 7.91. The van der Waals surface area contributed by atoms with Crippen LogP contribution in [-0.4, -0.2) is 15.6 Å². The molecule has 1 aromatic heterocycles. The number of Topliss-reactive ketones (excluding diaryl/α,β-unsaturated/α-hetero) is 1. The molecule has 0 aliphatic heterocycles. The number of hydrogen-bond donors (Lipinski definition) is 1. The van der Waals surface area contributed by atoms with E-state index in [0.29, 0.717) is 17.4 Å². The lowest BCUT2D eigenvalue weighted by Gasteiger charge is -2.21. The Bertz CT molecular complexity index is 364. The Morgan fingerprint density at radius 1 is 1.47 bits per heavy atom. The third-order valence-electron chi connectivity index (χ3n) is 3.09. The van der Waals surface area contributed by atoms with Crippen LogP contribution in [0, 0.1) is 0 Å². The van der Waals surface area contributed by atoms with Crippen LogP contribution >= 0.6 is 0 Å². The van der Waals surface area contributed by atoms with E-state index in [2.05, 4.69) is 5.10 Å². The predicted octanol–water partition coefficient (Wildman–Crippen LogP) is 2.17. The minimum absolute atomic E-state index is 0.00504. The predicted molar refractivity (Wildman–Crippen MR) is 58.8 cm³/mol. The van der Waals surface area contributed by atoms with Crippen LogP contribution in [0.5, 0.6) is 0 Å². The van der Waals surface area contributed by atoms with E-state index in [0.717, 1.165) is 12.8 Å². The number of carbonyl (C=O) groups excluding carboxylic acids is 1. The molecule has 1 heterocycles. The van der Waals surface area contributed by atoms with Gasteiger partial charge in [0.2, 0.25) is 0 Å². The molecule has 1 fully saturated rings. The van der Waals surface area contributed by atoms with Crippen molar-refractivity contribution >= 4 is 11.6 Å². The van der Waals surface area contributed by atoms with Gasteiger partial charge in [-0.05, 0) is 19.8 Å². The van der Waals surface area contributed by atoms with Gasteiger partial charge in [0.25, 0.3) is 0 Å². The molecule has 2 rings (SSSR count). The number of hydrogen-bond acceptors (Lipinski definition) is 3. The number of rotatable bonds is 2. The molecule has 0 aromatic carbocycles. The Kier molecular flexibility index (Phi) is 2.75. The normalized spacial score (nSPS) is 17.9. The third-order valence-corrected chi connectivity index (χ3v) is 3.09. The van der Waals surface area contributed by atoms with Crippen molar-refractivity contribution in [3.8, 4) is 0 Å². The van der Waals surface area contributed by atoms with E-state index in [1.807, 2.05) is 4.68 Å². The van der Waals surface area contributed by atoms with Crippen LogP contribution in [0.3, 0.4) is 0 Å². The molecular weight excluding hydrogens is 190 g/mol. The molecule has 1 aliphatic carbocycles. The van der Waals surface area contributed by atoms with E-state index in [-0.39, 0.29) is 5.78 Å². The number of ketones is 1. The molecule has 4 nitrogen and oxygen atoms in total. The quantitative estimate of drug-likeness (QED) is 0.756. The number of nitrogens with zero attached hydrogens (tertiary/aromatic N) is 2. The Morgan fingerprint density at radius 3 is 2.67 bits per heavy atom. The van der Waals surface area contributed by atoms with Gasteiger partial charge in [0, 0.05) is 6.20 Å². The summed E-state index contributed by atoms with van der Waals surface area (Å²) in [5.41, 5.74) is 6.25. The molecule has 0 saturated heterocycles. The molecule has 0 bridgehead atoms. The molecule has 0 spiro atoms. The molecular formula is C11H17N3O. The molecule has 1 aromatic rings. The molecule has 1 saturated carbocycles. The highest BCUT2D eigenvalue weighted by atomic mass is 16.1. The van der Waals surface area contributed by atoms with Gasteiger partial charge in [-0.3, -0.25) is 9.48 Å². The lowest BCUT2D eigenvalue weighted by Crippen LogP contribution is -2.13. The Morgan fingerprint density at radius 2 is 2.13 bits per heavy atom. The van der Waals surface area contributed by atoms with Crippen LogP contribution in [0.1, 0.15) is 55.4 Å². The molecule has 0 unspecified atom stereocenters. The third kappa shape index (κ3) is 2.03. The van der Waals surface area contributed by atoms with Crippen LogP contribution < -0.4 is 5.73 Å². The van der Waals surface area contributed by atoms with Gasteiger partial charge in [-0.15, -0.1) is 0 Å². The Hall–Kier alpha value is -1.32. The highest BCUT2D eigenvalue weighted by molar-refractivity contribution is 5.97. The van der Waals surface area contributed by atoms with Gasteiger partial charge in [0.15, 0.2) is 11.6 Å². The van der Waals surface area contributed by atoms with Gasteiger partial charge >= 0.3 is 0 Å². The zero-order chi connectivity index (χ0) is 10.8. The number of anilines is 1. The van der Waals surface area contributed by atoms with Crippen molar-refractivity contribution in [3.63, 3.8) is 0 Å². The van der Waals surface area contributed by atoms with E-state index in [4.69, 9.17) is 5.73 Å². The molecule has 0 radical (unpaired) electrons. The smallest absolute Gasteiger partial charge is 0.165 e. The Labute approximate surface area is 89.5 Å². The number of nitrogens with two attached hydrogens (primary N) is 1. The molecule has 0 atom stereocenters. The minimum atomic E-state index is -0.00504. The lowest BCUT2D eigenvalue weighted by molar-refractivity contribution is 0.101. The average Bonchev–Trinajstić information content (AvgIpc) is 2.62. The summed E-state index contributed by atoms with van der Waals surface area (Å²) >= 11 is 0. The van der Waals surface area contributed by atoms with Crippen molar-refractivity contribution in [2.24, 2.45) is 0 Å². The van der Waals surface area contributed by atoms with E-state index in [1.165, 1.54) is 26.2 Å². The highest BCUT2D eigenvalue weighted by Gasteiger charge is 2.18. The van der Waals surface area contributed by atoms with Crippen LogP contribution in [0.4, 0.5) is 5.82 Å². The van der Waals surface area contributed by atoms with Crippen LogP contribution in [-0.2, 0) is 0 Å².